The summed E-state index contributed by atoms with van der Waals surface area (Å²) in [5, 5.41) is 7.80. The maximum Gasteiger partial charge on any atom is 0.158 e. The van der Waals surface area contributed by atoms with Crippen molar-refractivity contribution in [2.45, 2.75) is 32.8 Å². The SMILES string of the molecule is CCCC(C)Oc1cccc2c1C(=N)N=C2N. The van der Waals surface area contributed by atoms with Gasteiger partial charge in [-0.15, -0.1) is 0 Å². The molecule has 0 aliphatic carbocycles. The van der Waals surface area contributed by atoms with Crippen LogP contribution in [0.4, 0.5) is 0 Å². The van der Waals surface area contributed by atoms with Gasteiger partial charge in [-0.3, -0.25) is 5.41 Å². The number of benzene rings is 1. The van der Waals surface area contributed by atoms with Crippen molar-refractivity contribution in [3.63, 3.8) is 0 Å². The highest BCUT2D eigenvalue weighted by atomic mass is 16.5. The number of nitrogens with two attached hydrogens (primary N) is 1. The molecule has 1 heterocycles. The van der Waals surface area contributed by atoms with Crippen molar-refractivity contribution in [3.8, 4) is 5.75 Å². The van der Waals surface area contributed by atoms with Crippen molar-refractivity contribution in [1.82, 2.24) is 0 Å². The fourth-order valence-corrected chi connectivity index (χ4v) is 2.01. The lowest BCUT2D eigenvalue weighted by molar-refractivity contribution is 0.209. The standard InChI is InChI=1S/C13H17N3O/c1-3-5-8(2)17-10-7-4-6-9-11(10)13(15)16-12(9)14/h4,6-8H,3,5H2,1-2H3,(H3,14,15,16). The highest BCUT2D eigenvalue weighted by Crippen LogP contribution is 2.28. The number of hydrogen-bond acceptors (Lipinski definition) is 3. The molecule has 0 spiro atoms. The first kappa shape index (κ1) is 11.6. The Morgan fingerprint density at radius 3 is 2.94 bits per heavy atom. The van der Waals surface area contributed by atoms with Gasteiger partial charge in [-0.05, 0) is 19.4 Å². The summed E-state index contributed by atoms with van der Waals surface area (Å²) in [6, 6.07) is 5.62. The van der Waals surface area contributed by atoms with Crippen molar-refractivity contribution in [1.29, 1.82) is 5.41 Å². The first-order valence-electron chi connectivity index (χ1n) is 5.86. The van der Waals surface area contributed by atoms with E-state index in [9.17, 15) is 0 Å². The lowest BCUT2D eigenvalue weighted by atomic mass is 10.1. The third kappa shape index (κ3) is 2.16. The summed E-state index contributed by atoms with van der Waals surface area (Å²) in [7, 11) is 0. The summed E-state index contributed by atoms with van der Waals surface area (Å²) in [5.41, 5.74) is 7.27. The smallest absolute Gasteiger partial charge is 0.158 e. The largest absolute Gasteiger partial charge is 0.490 e. The topological polar surface area (TPSA) is 71.5 Å². The van der Waals surface area contributed by atoms with E-state index in [2.05, 4.69) is 11.9 Å². The second-order valence-corrected chi connectivity index (χ2v) is 4.24. The molecule has 2 rings (SSSR count). The van der Waals surface area contributed by atoms with Gasteiger partial charge in [-0.25, -0.2) is 4.99 Å². The molecule has 3 N–H and O–H groups in total. The monoisotopic (exact) mass is 231 g/mol. The first-order chi connectivity index (χ1) is 8.13. The first-order valence-corrected chi connectivity index (χ1v) is 5.86. The van der Waals surface area contributed by atoms with E-state index in [-0.39, 0.29) is 11.9 Å². The maximum atomic E-state index is 7.80. The molecule has 1 aromatic rings. The molecule has 1 aromatic carbocycles. The van der Waals surface area contributed by atoms with E-state index in [4.69, 9.17) is 15.9 Å². The number of aliphatic imine (C=N–C) groups is 1. The predicted molar refractivity (Wildman–Crippen MR) is 69.0 cm³/mol. The summed E-state index contributed by atoms with van der Waals surface area (Å²) in [6.45, 7) is 4.16. The number of amidine groups is 2. The molecule has 4 heteroatoms. The van der Waals surface area contributed by atoms with Crippen molar-refractivity contribution in [2.75, 3.05) is 0 Å². The van der Waals surface area contributed by atoms with Crippen LogP contribution in [0, 0.1) is 5.41 Å². The van der Waals surface area contributed by atoms with Crippen LogP contribution in [0.2, 0.25) is 0 Å². The van der Waals surface area contributed by atoms with Gasteiger partial charge in [0.25, 0.3) is 0 Å². The van der Waals surface area contributed by atoms with Crippen LogP contribution in [-0.4, -0.2) is 17.8 Å². The molecule has 0 aromatic heterocycles. The number of hydrogen-bond donors (Lipinski definition) is 2. The van der Waals surface area contributed by atoms with Gasteiger partial charge in [0.1, 0.15) is 11.6 Å². The van der Waals surface area contributed by atoms with Crippen molar-refractivity contribution in [2.24, 2.45) is 10.7 Å². The van der Waals surface area contributed by atoms with Crippen LogP contribution < -0.4 is 10.5 Å². The van der Waals surface area contributed by atoms with E-state index < -0.39 is 0 Å². The van der Waals surface area contributed by atoms with Crippen LogP contribution >= 0.6 is 0 Å². The molecular weight excluding hydrogens is 214 g/mol. The van der Waals surface area contributed by atoms with Crippen molar-refractivity contribution in [3.05, 3.63) is 29.3 Å². The molecule has 17 heavy (non-hydrogen) atoms. The summed E-state index contributed by atoms with van der Waals surface area (Å²) < 4.78 is 5.85. The summed E-state index contributed by atoms with van der Waals surface area (Å²) >= 11 is 0. The highest BCUT2D eigenvalue weighted by molar-refractivity contribution is 6.22. The normalized spacial score (nSPS) is 15.4. The van der Waals surface area contributed by atoms with Gasteiger partial charge in [0, 0.05) is 5.56 Å². The molecule has 0 amide bonds. The van der Waals surface area contributed by atoms with Crippen LogP contribution in [0.25, 0.3) is 0 Å². The zero-order valence-electron chi connectivity index (χ0n) is 10.2. The molecule has 1 atom stereocenters. The molecule has 4 nitrogen and oxygen atoms in total. The van der Waals surface area contributed by atoms with Gasteiger partial charge >= 0.3 is 0 Å². The van der Waals surface area contributed by atoms with Gasteiger partial charge in [-0.2, -0.15) is 0 Å². The average Bonchev–Trinajstić information content (AvgIpc) is 2.56. The predicted octanol–water partition coefficient (Wildman–Crippen LogP) is 2.30. The van der Waals surface area contributed by atoms with E-state index >= 15 is 0 Å². The highest BCUT2D eigenvalue weighted by Gasteiger charge is 2.23. The molecule has 0 saturated carbocycles. The van der Waals surface area contributed by atoms with E-state index in [1.807, 2.05) is 25.1 Å². The van der Waals surface area contributed by atoms with Gasteiger partial charge in [0.05, 0.1) is 11.7 Å². The summed E-state index contributed by atoms with van der Waals surface area (Å²) in [5.74, 6) is 1.30. The third-order valence-electron chi connectivity index (χ3n) is 2.79. The van der Waals surface area contributed by atoms with Gasteiger partial charge in [0.2, 0.25) is 0 Å². The number of rotatable bonds is 4. The Labute approximate surface area is 101 Å². The Bertz CT molecular complexity index is 480. The Morgan fingerprint density at radius 1 is 1.47 bits per heavy atom. The van der Waals surface area contributed by atoms with Gasteiger partial charge in [0.15, 0.2) is 5.84 Å². The Kier molecular flexibility index (Phi) is 3.13. The molecule has 1 unspecified atom stereocenters. The molecule has 0 radical (unpaired) electrons. The average molecular weight is 231 g/mol. The third-order valence-corrected chi connectivity index (χ3v) is 2.79. The fourth-order valence-electron chi connectivity index (χ4n) is 2.01. The molecule has 1 aliphatic rings. The van der Waals surface area contributed by atoms with Crippen LogP contribution in [0.3, 0.4) is 0 Å². The van der Waals surface area contributed by atoms with E-state index in [1.54, 1.807) is 0 Å². The Morgan fingerprint density at radius 2 is 2.24 bits per heavy atom. The van der Waals surface area contributed by atoms with Crippen LogP contribution in [-0.2, 0) is 0 Å². The molecule has 1 aliphatic heterocycles. The number of fused-ring (bicyclic) bond motifs is 1. The number of nitrogens with one attached hydrogen (secondary N) is 1. The van der Waals surface area contributed by atoms with Crippen LogP contribution in [0.15, 0.2) is 23.2 Å². The number of ether oxygens (including phenoxy) is 1. The van der Waals surface area contributed by atoms with Crippen LogP contribution in [0.1, 0.15) is 37.8 Å². The minimum atomic E-state index is 0.140. The van der Waals surface area contributed by atoms with Crippen molar-refractivity contribution < 1.29 is 4.74 Å². The minimum Gasteiger partial charge on any atom is -0.490 e. The fraction of sp³-hybridized carbons (Fsp3) is 0.385. The van der Waals surface area contributed by atoms with Crippen molar-refractivity contribution >= 4 is 11.7 Å². The van der Waals surface area contributed by atoms with E-state index in [0.29, 0.717) is 17.1 Å². The minimum absolute atomic E-state index is 0.140. The second-order valence-electron chi connectivity index (χ2n) is 4.24. The van der Waals surface area contributed by atoms with Gasteiger partial charge in [-0.1, -0.05) is 25.5 Å². The lowest BCUT2D eigenvalue weighted by Crippen LogP contribution is -2.14. The number of nitrogens with zero attached hydrogens (tertiary/aromatic N) is 1. The molecule has 90 valence electrons. The molecule has 0 saturated heterocycles. The lowest BCUT2D eigenvalue weighted by Gasteiger charge is -2.16. The molecule has 0 fully saturated rings. The summed E-state index contributed by atoms with van der Waals surface area (Å²) in [4.78, 5) is 3.97. The quantitative estimate of drug-likeness (QED) is 0.834. The summed E-state index contributed by atoms with van der Waals surface area (Å²) in [6.07, 6.45) is 2.21. The zero-order valence-corrected chi connectivity index (χ0v) is 10.2. The zero-order chi connectivity index (χ0) is 12.4. The molecule has 0 bridgehead atoms. The maximum absolute atomic E-state index is 7.80. The van der Waals surface area contributed by atoms with Gasteiger partial charge < -0.3 is 10.5 Å². The van der Waals surface area contributed by atoms with E-state index in [0.717, 1.165) is 18.4 Å². The van der Waals surface area contributed by atoms with E-state index in [1.165, 1.54) is 0 Å². The Hall–Kier alpha value is -1.84. The van der Waals surface area contributed by atoms with Crippen LogP contribution in [0.5, 0.6) is 5.75 Å². The Balaban J connectivity index is 2.30. The molecular formula is C13H17N3O. The second kappa shape index (κ2) is 4.57.